The summed E-state index contributed by atoms with van der Waals surface area (Å²) in [7, 11) is 1.74. The molecule has 0 atom stereocenters. The molecule has 5 heteroatoms. The Bertz CT molecular complexity index is 731. The Labute approximate surface area is 135 Å². The third-order valence-electron chi connectivity index (χ3n) is 3.14. The Kier molecular flexibility index (Phi) is 5.48. The zero-order valence-electron chi connectivity index (χ0n) is 13.1. The summed E-state index contributed by atoms with van der Waals surface area (Å²) in [6, 6.07) is 18.2. The average molecular weight is 307 g/mol. The van der Waals surface area contributed by atoms with E-state index in [4.69, 9.17) is 10.00 Å². The fourth-order valence-electron chi connectivity index (χ4n) is 1.97. The van der Waals surface area contributed by atoms with Crippen LogP contribution in [0, 0.1) is 11.3 Å². The van der Waals surface area contributed by atoms with Gasteiger partial charge in [0, 0.05) is 12.6 Å². The summed E-state index contributed by atoms with van der Waals surface area (Å²) in [6.07, 6.45) is 0. The number of hydrogen-bond acceptors (Lipinski definition) is 5. The zero-order valence-corrected chi connectivity index (χ0v) is 13.1. The van der Waals surface area contributed by atoms with Crippen LogP contribution in [-0.2, 0) is 9.53 Å². The minimum absolute atomic E-state index is 0.235. The van der Waals surface area contributed by atoms with Gasteiger partial charge in [-0.1, -0.05) is 30.3 Å². The number of anilines is 1. The molecule has 0 amide bonds. The van der Waals surface area contributed by atoms with E-state index in [9.17, 15) is 4.79 Å². The monoisotopic (exact) mass is 307 g/mol. The fraction of sp³-hybridized carbons (Fsp3) is 0.167. The summed E-state index contributed by atoms with van der Waals surface area (Å²) < 4.78 is 5.09. The number of benzene rings is 2. The van der Waals surface area contributed by atoms with Gasteiger partial charge >= 0.3 is 5.97 Å². The first-order valence-electron chi connectivity index (χ1n) is 7.20. The fourth-order valence-corrected chi connectivity index (χ4v) is 1.97. The maximum absolute atomic E-state index is 12.2. The van der Waals surface area contributed by atoms with Gasteiger partial charge in [0.1, 0.15) is 0 Å². The van der Waals surface area contributed by atoms with Gasteiger partial charge in [-0.05, 0) is 31.2 Å². The molecular formula is C18H17N3O2. The molecule has 5 nitrogen and oxygen atoms in total. The molecule has 116 valence electrons. The van der Waals surface area contributed by atoms with Gasteiger partial charge in [0.25, 0.3) is 0 Å². The van der Waals surface area contributed by atoms with E-state index < -0.39 is 5.97 Å². The lowest BCUT2D eigenvalue weighted by Gasteiger charge is -2.15. The Balaban J connectivity index is 2.35. The molecule has 0 heterocycles. The molecule has 0 aliphatic carbocycles. The molecule has 0 unspecified atom stereocenters. The number of hydrogen-bond donors (Lipinski definition) is 0. The van der Waals surface area contributed by atoms with Crippen LogP contribution in [0.15, 0.2) is 59.7 Å². The lowest BCUT2D eigenvalue weighted by Crippen LogP contribution is -2.23. The highest BCUT2D eigenvalue weighted by atomic mass is 16.5. The Hall–Kier alpha value is -3.13. The second-order valence-electron chi connectivity index (χ2n) is 4.72. The smallest absolute Gasteiger partial charge is 0.359 e. The maximum atomic E-state index is 12.2. The van der Waals surface area contributed by atoms with Crippen molar-refractivity contribution in [1.82, 2.24) is 0 Å². The molecule has 2 aromatic rings. The number of hydrazone groups is 1. The van der Waals surface area contributed by atoms with Gasteiger partial charge in [0.05, 0.1) is 23.9 Å². The topological polar surface area (TPSA) is 65.7 Å². The van der Waals surface area contributed by atoms with Crippen LogP contribution in [0.3, 0.4) is 0 Å². The van der Waals surface area contributed by atoms with Crippen molar-refractivity contribution in [2.75, 3.05) is 18.7 Å². The third-order valence-corrected chi connectivity index (χ3v) is 3.14. The molecular weight excluding hydrogens is 290 g/mol. The van der Waals surface area contributed by atoms with Crippen LogP contribution in [0.1, 0.15) is 18.1 Å². The first-order chi connectivity index (χ1) is 11.2. The third kappa shape index (κ3) is 4.17. The molecule has 0 saturated carbocycles. The van der Waals surface area contributed by atoms with Gasteiger partial charge < -0.3 is 4.74 Å². The largest absolute Gasteiger partial charge is 0.461 e. The normalized spacial score (nSPS) is 10.7. The van der Waals surface area contributed by atoms with Crippen LogP contribution in [0.5, 0.6) is 0 Å². The van der Waals surface area contributed by atoms with Crippen molar-refractivity contribution >= 4 is 17.4 Å². The number of esters is 1. The van der Waals surface area contributed by atoms with Gasteiger partial charge in [0.2, 0.25) is 0 Å². The summed E-state index contributed by atoms with van der Waals surface area (Å²) in [4.78, 5) is 12.2. The predicted molar refractivity (Wildman–Crippen MR) is 89.2 cm³/mol. The second-order valence-corrected chi connectivity index (χ2v) is 4.72. The van der Waals surface area contributed by atoms with Crippen LogP contribution in [0.25, 0.3) is 0 Å². The van der Waals surface area contributed by atoms with Crippen molar-refractivity contribution in [3.8, 4) is 6.07 Å². The van der Waals surface area contributed by atoms with Crippen molar-refractivity contribution in [2.45, 2.75) is 6.92 Å². The first-order valence-corrected chi connectivity index (χ1v) is 7.20. The van der Waals surface area contributed by atoms with Gasteiger partial charge in [0.15, 0.2) is 5.71 Å². The van der Waals surface area contributed by atoms with Gasteiger partial charge in [-0.15, -0.1) is 0 Å². The van der Waals surface area contributed by atoms with E-state index in [0.717, 1.165) is 5.69 Å². The van der Waals surface area contributed by atoms with Crippen molar-refractivity contribution in [1.29, 1.82) is 5.26 Å². The Morgan fingerprint density at radius 3 is 2.39 bits per heavy atom. The van der Waals surface area contributed by atoms with Crippen molar-refractivity contribution in [2.24, 2.45) is 5.10 Å². The number of carbonyl (C=O) groups is 1. The van der Waals surface area contributed by atoms with Crippen molar-refractivity contribution < 1.29 is 9.53 Å². The number of nitrogens with zero attached hydrogens (tertiary/aromatic N) is 3. The summed E-state index contributed by atoms with van der Waals surface area (Å²) in [5.74, 6) is -0.473. The van der Waals surface area contributed by atoms with Crippen LogP contribution < -0.4 is 5.01 Å². The molecule has 0 spiro atoms. The number of ether oxygens (including phenoxy) is 1. The Morgan fingerprint density at radius 1 is 1.17 bits per heavy atom. The Morgan fingerprint density at radius 2 is 1.83 bits per heavy atom. The van der Waals surface area contributed by atoms with E-state index in [2.05, 4.69) is 11.2 Å². The highest BCUT2D eigenvalue weighted by molar-refractivity contribution is 6.43. The predicted octanol–water partition coefficient (Wildman–Crippen LogP) is 2.96. The molecule has 23 heavy (non-hydrogen) atoms. The molecule has 0 radical (unpaired) electrons. The molecule has 0 aliphatic rings. The molecule has 0 N–H and O–H groups in total. The SMILES string of the molecule is CCOC(=O)/C(=N\N(C)c1ccc(C#N)cc1)c1ccccc1. The lowest BCUT2D eigenvalue weighted by molar-refractivity contribution is -0.134. The summed E-state index contributed by atoms with van der Waals surface area (Å²) in [5.41, 5.74) is 2.26. The quantitative estimate of drug-likeness (QED) is 0.484. The standard InChI is InChI=1S/C18H17N3O2/c1-3-23-18(22)17(15-7-5-4-6-8-15)20-21(2)16-11-9-14(13-19)10-12-16/h4-12H,3H2,1-2H3/b20-17-. The van der Waals surface area contributed by atoms with E-state index in [0.29, 0.717) is 11.1 Å². The van der Waals surface area contributed by atoms with Gasteiger partial charge in [-0.2, -0.15) is 10.4 Å². The van der Waals surface area contributed by atoms with E-state index in [-0.39, 0.29) is 12.3 Å². The molecule has 0 aliphatic heterocycles. The molecule has 2 aromatic carbocycles. The molecule has 0 fully saturated rings. The van der Waals surface area contributed by atoms with Crippen LogP contribution >= 0.6 is 0 Å². The summed E-state index contributed by atoms with van der Waals surface area (Å²) in [5, 5.41) is 14.8. The minimum Gasteiger partial charge on any atom is -0.461 e. The lowest BCUT2D eigenvalue weighted by atomic mass is 10.1. The summed E-state index contributed by atoms with van der Waals surface area (Å²) >= 11 is 0. The van der Waals surface area contributed by atoms with Crippen LogP contribution in [-0.4, -0.2) is 25.3 Å². The molecule has 2 rings (SSSR count). The minimum atomic E-state index is -0.473. The average Bonchev–Trinajstić information content (AvgIpc) is 2.60. The molecule has 0 bridgehead atoms. The van der Waals surface area contributed by atoms with E-state index in [1.165, 1.54) is 0 Å². The van der Waals surface area contributed by atoms with Crippen molar-refractivity contribution in [3.05, 3.63) is 65.7 Å². The zero-order chi connectivity index (χ0) is 16.7. The number of nitriles is 1. The van der Waals surface area contributed by atoms with E-state index in [1.807, 2.05) is 30.3 Å². The number of rotatable bonds is 5. The molecule has 0 aromatic heterocycles. The summed E-state index contributed by atoms with van der Waals surface area (Å²) in [6.45, 7) is 2.04. The van der Waals surface area contributed by atoms with Gasteiger partial charge in [-0.3, -0.25) is 5.01 Å². The van der Waals surface area contributed by atoms with E-state index >= 15 is 0 Å². The van der Waals surface area contributed by atoms with Gasteiger partial charge in [-0.25, -0.2) is 4.79 Å². The van der Waals surface area contributed by atoms with Crippen LogP contribution in [0.2, 0.25) is 0 Å². The molecule has 0 saturated heterocycles. The van der Waals surface area contributed by atoms with E-state index in [1.54, 1.807) is 43.2 Å². The second kappa shape index (κ2) is 7.76. The van der Waals surface area contributed by atoms with Crippen LogP contribution in [0.4, 0.5) is 5.69 Å². The van der Waals surface area contributed by atoms with Crippen molar-refractivity contribution in [3.63, 3.8) is 0 Å². The highest BCUT2D eigenvalue weighted by Crippen LogP contribution is 2.15. The highest BCUT2D eigenvalue weighted by Gasteiger charge is 2.16. The number of carbonyl (C=O) groups excluding carboxylic acids is 1. The first kappa shape index (κ1) is 16.2. The maximum Gasteiger partial charge on any atom is 0.359 e.